The van der Waals surface area contributed by atoms with Crippen LogP contribution in [0.15, 0.2) is 85.1 Å². The van der Waals surface area contributed by atoms with Crippen LogP contribution in [-0.2, 0) is 46.6 Å². The van der Waals surface area contributed by atoms with E-state index in [1.807, 2.05) is 6.92 Å². The van der Waals surface area contributed by atoms with Crippen LogP contribution < -0.4 is 0 Å². The molecule has 21 heteroatoms. The first-order valence-electron chi connectivity index (χ1n) is 25.2. The molecule has 1 aliphatic heterocycles. The van der Waals surface area contributed by atoms with Gasteiger partial charge in [-0.3, -0.25) is 28.0 Å². The van der Waals surface area contributed by atoms with Gasteiger partial charge in [0, 0.05) is 25.2 Å². The molecule has 19 nitrogen and oxygen atoms in total. The lowest BCUT2D eigenvalue weighted by Crippen LogP contribution is -2.56. The van der Waals surface area contributed by atoms with E-state index in [1.54, 1.807) is 6.08 Å². The van der Waals surface area contributed by atoms with Crippen molar-refractivity contribution >= 4 is 33.4 Å². The summed E-state index contributed by atoms with van der Waals surface area (Å²) in [4.78, 5) is 70.7. The summed E-state index contributed by atoms with van der Waals surface area (Å²) in [5.74, 6) is -5.87. The second-order valence-electron chi connectivity index (χ2n) is 17.9. The smallest absolute Gasteiger partial charge is 0.462 e. The monoisotopic (exact) mass is 1060 g/mol. The SMILES string of the molecule is CC/C=C\C/C=C\C/C=C\C/C=C\C/C=C\CCCCCC(=O)O[C@@H]1COC(=O)CCC/C=C\C[C@@H]2[C@@H](O)[C@H](O)[C@@H](O)[C@H](OP(=O)(O)OC1)[C@H](OP(=O)(O)O)[C@H](O)[C@@H](/C=C/[C@@H](O)CCCCC)C(=O)C[C@@H]2O. The van der Waals surface area contributed by atoms with Gasteiger partial charge in [-0.1, -0.05) is 125 Å². The molecule has 2 rings (SSSR count). The summed E-state index contributed by atoms with van der Waals surface area (Å²) in [7, 11) is -11.5. The molecule has 2 bridgehead atoms. The number of rotatable bonds is 24. The molecule has 1 aliphatic carbocycles. The molecule has 0 aromatic carbocycles. The van der Waals surface area contributed by atoms with E-state index in [-0.39, 0.29) is 38.5 Å². The largest absolute Gasteiger partial charge is 0.472 e. The Hall–Kier alpha value is -3.23. The number of carbonyl (C=O) groups excluding carboxylic acids is 3. The predicted molar refractivity (Wildman–Crippen MR) is 269 cm³/mol. The van der Waals surface area contributed by atoms with Crippen molar-refractivity contribution in [2.45, 2.75) is 191 Å². The Morgan fingerprint density at radius 3 is 2.08 bits per heavy atom. The summed E-state index contributed by atoms with van der Waals surface area (Å²) in [6.45, 7) is 2.39. The van der Waals surface area contributed by atoms with Gasteiger partial charge in [-0.25, -0.2) is 9.13 Å². The second kappa shape index (κ2) is 36.7. The first-order valence-corrected chi connectivity index (χ1v) is 28.3. The number of hydrogen-bond donors (Lipinski definition) is 9. The second-order valence-corrected chi connectivity index (χ2v) is 20.5. The first-order chi connectivity index (χ1) is 34.3. The van der Waals surface area contributed by atoms with Crippen molar-refractivity contribution in [3.63, 3.8) is 0 Å². The van der Waals surface area contributed by atoms with E-state index in [1.165, 1.54) is 6.08 Å². The van der Waals surface area contributed by atoms with Gasteiger partial charge in [-0.15, -0.1) is 0 Å². The lowest BCUT2D eigenvalue weighted by atomic mass is 9.83. The van der Waals surface area contributed by atoms with Crippen LogP contribution in [0.3, 0.4) is 0 Å². The number of phosphoric acid groups is 2. The van der Waals surface area contributed by atoms with Crippen molar-refractivity contribution in [1.82, 2.24) is 0 Å². The Morgan fingerprint density at radius 1 is 0.819 bits per heavy atom. The van der Waals surface area contributed by atoms with Crippen LogP contribution in [0.25, 0.3) is 0 Å². The number of unbranched alkanes of at least 4 members (excludes halogenated alkanes) is 5. The van der Waals surface area contributed by atoms with Gasteiger partial charge in [0.25, 0.3) is 0 Å². The fraction of sp³-hybridized carbons (Fsp3) is 0.667. The number of cyclic esters (lactones) is 1. The number of aliphatic hydroxyl groups is 6. The van der Waals surface area contributed by atoms with Crippen molar-refractivity contribution < 1.29 is 91.9 Å². The van der Waals surface area contributed by atoms with E-state index in [9.17, 15) is 68.8 Å². The van der Waals surface area contributed by atoms with Crippen molar-refractivity contribution in [1.29, 1.82) is 0 Å². The molecule has 0 radical (unpaired) electrons. The highest BCUT2D eigenvalue weighted by atomic mass is 31.2. The van der Waals surface area contributed by atoms with Gasteiger partial charge < -0.3 is 54.8 Å². The van der Waals surface area contributed by atoms with Crippen molar-refractivity contribution in [2.75, 3.05) is 13.2 Å². The molecule has 1 unspecified atom stereocenters. The molecule has 0 saturated heterocycles. The molecule has 1 saturated carbocycles. The van der Waals surface area contributed by atoms with Gasteiger partial charge in [-0.05, 0) is 77.0 Å². The predicted octanol–water partition coefficient (Wildman–Crippen LogP) is 6.76. The molecule has 2 aliphatic rings. The zero-order valence-electron chi connectivity index (χ0n) is 41.8. The summed E-state index contributed by atoms with van der Waals surface area (Å²) >= 11 is 0. The summed E-state index contributed by atoms with van der Waals surface area (Å²) in [6, 6.07) is 0. The maximum absolute atomic E-state index is 13.9. The Bertz CT molecular complexity index is 1870. The van der Waals surface area contributed by atoms with Gasteiger partial charge >= 0.3 is 27.6 Å². The zero-order chi connectivity index (χ0) is 53.4. The number of esters is 2. The molecule has 72 heavy (non-hydrogen) atoms. The van der Waals surface area contributed by atoms with Crippen LogP contribution >= 0.6 is 15.6 Å². The summed E-state index contributed by atoms with van der Waals surface area (Å²) < 4.78 is 52.1. The number of aliphatic hydroxyl groups excluding tert-OH is 6. The summed E-state index contributed by atoms with van der Waals surface area (Å²) in [5, 5.41) is 68.1. The Labute approximate surface area is 424 Å². The molecule has 410 valence electrons. The fourth-order valence-electron chi connectivity index (χ4n) is 7.82. The van der Waals surface area contributed by atoms with E-state index in [0.717, 1.165) is 69.9 Å². The molecular formula is C51H82O19P2. The number of ether oxygens (including phenoxy) is 2. The first kappa shape index (κ1) is 64.9. The van der Waals surface area contributed by atoms with Crippen LogP contribution in [0.5, 0.6) is 0 Å². The average Bonchev–Trinajstić information content (AvgIpc) is 3.32. The third-order valence-corrected chi connectivity index (χ3v) is 13.3. The molecule has 0 spiro atoms. The topological polar surface area (TPSA) is 314 Å². The maximum atomic E-state index is 13.9. The lowest BCUT2D eigenvalue weighted by Gasteiger charge is -2.38. The number of Topliss-reactive ketones (excluding diaryl/α,β-unsaturated/α-hetero) is 1. The molecular weight excluding hydrogens is 978 g/mol. The van der Waals surface area contributed by atoms with Gasteiger partial charge in [0.2, 0.25) is 0 Å². The van der Waals surface area contributed by atoms with E-state index in [0.29, 0.717) is 19.3 Å². The number of allylic oxidation sites excluding steroid dienone is 12. The molecule has 0 amide bonds. The molecule has 0 aromatic rings. The van der Waals surface area contributed by atoms with Gasteiger partial charge in [0.15, 0.2) is 6.10 Å². The number of fused-ring (bicyclic) bond motifs is 4. The lowest BCUT2D eigenvalue weighted by molar-refractivity contribution is -0.165. The molecule has 1 fully saturated rings. The Kier molecular flexibility index (Phi) is 33.0. The number of phosphoric ester groups is 2. The highest BCUT2D eigenvalue weighted by Crippen LogP contribution is 2.49. The van der Waals surface area contributed by atoms with Crippen molar-refractivity contribution in [3.8, 4) is 0 Å². The average molecular weight is 1060 g/mol. The van der Waals surface area contributed by atoms with Gasteiger partial charge in [-0.2, -0.15) is 0 Å². The standard InChI is InChI=1S/C51H82O19P2/c1-3-5-7-8-9-10-11-12-13-14-15-16-17-18-19-20-21-22-28-32-45(56)68-39-36-66-44(55)31-27-24-23-26-30-40-42(53)35-43(54)41(34-33-38(52)29-25-6-4-2)47(58)50(69-71(61,62)63)51(49(60)48(59)46(40)57)70-72(64,65)67-37-39/h5,7,9-10,12-13,15-16,18-19,23,26,33-34,38-42,46-53,57-60H,3-4,6,8,11,14,17,20-22,24-25,27-32,35-37H2,1-2H3,(H,64,65)(H2,61,62,63)/b7-5-,10-9-,13-12-,16-15-,19-18-,26-23-,34-33+/t38-,39+,40-,41-,42-,46+,47+,48-,49+,50+,51-/m0/s1. The molecule has 9 N–H and O–H groups in total. The third kappa shape index (κ3) is 27.9. The van der Waals surface area contributed by atoms with Crippen LogP contribution in [-0.4, -0.2) is 131 Å². The van der Waals surface area contributed by atoms with Crippen LogP contribution in [0.4, 0.5) is 0 Å². The minimum absolute atomic E-state index is 0.0801. The van der Waals surface area contributed by atoms with E-state index < -0.39 is 120 Å². The van der Waals surface area contributed by atoms with E-state index >= 15 is 0 Å². The van der Waals surface area contributed by atoms with Crippen LogP contribution in [0.2, 0.25) is 0 Å². The molecule has 0 aromatic heterocycles. The van der Waals surface area contributed by atoms with E-state index in [4.69, 9.17) is 23.0 Å². The quantitative estimate of drug-likeness (QED) is 0.0209. The van der Waals surface area contributed by atoms with Gasteiger partial charge in [0.1, 0.15) is 36.8 Å². The summed E-state index contributed by atoms with van der Waals surface area (Å²) in [6.07, 6.45) is 15.3. The molecule has 12 atom stereocenters. The van der Waals surface area contributed by atoms with Gasteiger partial charge in [0.05, 0.1) is 36.9 Å². The third-order valence-electron chi connectivity index (χ3n) is 11.8. The maximum Gasteiger partial charge on any atom is 0.472 e. The Balaban J connectivity index is 2.28. The highest BCUT2D eigenvalue weighted by molar-refractivity contribution is 7.47. The number of ketones is 1. The minimum atomic E-state index is -5.81. The van der Waals surface area contributed by atoms with E-state index in [2.05, 4.69) is 67.7 Å². The summed E-state index contributed by atoms with van der Waals surface area (Å²) in [5.41, 5.74) is 0. The normalized spacial score (nSPS) is 30.3. The van der Waals surface area contributed by atoms with Crippen LogP contribution in [0.1, 0.15) is 136 Å². The van der Waals surface area contributed by atoms with Crippen molar-refractivity contribution in [2.24, 2.45) is 11.8 Å². The Morgan fingerprint density at radius 2 is 1.46 bits per heavy atom. The minimum Gasteiger partial charge on any atom is -0.462 e. The number of hydrogen-bond acceptors (Lipinski definition) is 16. The number of carbonyl (C=O) groups is 3. The fourth-order valence-corrected chi connectivity index (χ4v) is 9.35. The van der Waals surface area contributed by atoms with Crippen LogP contribution in [0, 0.1) is 11.8 Å². The zero-order valence-corrected chi connectivity index (χ0v) is 43.6. The highest BCUT2D eigenvalue weighted by Gasteiger charge is 2.51. The van der Waals surface area contributed by atoms with Crippen molar-refractivity contribution in [3.05, 3.63) is 85.1 Å². The molecule has 1 heterocycles.